The van der Waals surface area contributed by atoms with Crippen LogP contribution < -0.4 is 4.80 Å². The Morgan fingerprint density at radius 3 is 2.53 bits per heavy atom. The molecule has 0 atom stereocenters. The molecule has 0 unspecified atom stereocenters. The molecular weight excluding hydrogens is 502 g/mol. The number of carbonyl (C=O) groups excluding carboxylic acids is 2. The predicted molar refractivity (Wildman–Crippen MR) is 127 cm³/mol. The van der Waals surface area contributed by atoms with Crippen molar-refractivity contribution in [3.05, 3.63) is 57.9 Å². The van der Waals surface area contributed by atoms with Crippen LogP contribution in [0, 0.1) is 0 Å². The van der Waals surface area contributed by atoms with E-state index in [2.05, 4.69) is 4.99 Å². The van der Waals surface area contributed by atoms with Gasteiger partial charge in [0.1, 0.15) is 6.54 Å². The lowest BCUT2D eigenvalue weighted by Crippen LogP contribution is -2.40. The minimum Gasteiger partial charge on any atom is -0.465 e. The third-order valence-electron chi connectivity index (χ3n) is 5.14. The van der Waals surface area contributed by atoms with E-state index in [1.165, 1.54) is 39.9 Å². The maximum Gasteiger partial charge on any atom is 0.326 e. The molecular formula is C22H22ClN3O6S2. The van der Waals surface area contributed by atoms with Crippen LogP contribution >= 0.6 is 22.9 Å². The molecule has 0 aliphatic carbocycles. The first-order chi connectivity index (χ1) is 16.3. The van der Waals surface area contributed by atoms with Crippen molar-refractivity contribution in [2.45, 2.75) is 18.4 Å². The van der Waals surface area contributed by atoms with Crippen LogP contribution in [-0.4, -0.2) is 62.1 Å². The third kappa shape index (κ3) is 5.23. The van der Waals surface area contributed by atoms with E-state index in [1.54, 1.807) is 29.7 Å². The summed E-state index contributed by atoms with van der Waals surface area (Å²) in [7, 11) is -3.67. The number of carbonyl (C=O) groups is 2. The number of benzene rings is 2. The summed E-state index contributed by atoms with van der Waals surface area (Å²) in [5.74, 6) is -1.02. The highest BCUT2D eigenvalue weighted by Gasteiger charge is 2.26. The number of rotatable bonds is 6. The summed E-state index contributed by atoms with van der Waals surface area (Å²) in [5, 5.41) is 0.520. The molecule has 34 heavy (non-hydrogen) atoms. The van der Waals surface area contributed by atoms with Crippen LogP contribution in [0.15, 0.2) is 52.4 Å². The molecule has 1 aliphatic rings. The number of amides is 1. The number of nitrogens with zero attached hydrogens (tertiary/aromatic N) is 3. The summed E-state index contributed by atoms with van der Waals surface area (Å²) >= 11 is 7.31. The van der Waals surface area contributed by atoms with Gasteiger partial charge in [-0.2, -0.15) is 9.30 Å². The zero-order valence-corrected chi connectivity index (χ0v) is 20.7. The average Bonchev–Trinajstić information content (AvgIpc) is 3.15. The van der Waals surface area contributed by atoms with Gasteiger partial charge in [-0.3, -0.25) is 9.59 Å². The molecule has 9 nitrogen and oxygen atoms in total. The molecule has 2 heterocycles. The highest BCUT2D eigenvalue weighted by molar-refractivity contribution is 7.89. The van der Waals surface area contributed by atoms with Crippen LogP contribution in [0.1, 0.15) is 17.3 Å². The Balaban J connectivity index is 1.66. The van der Waals surface area contributed by atoms with Gasteiger partial charge in [0.05, 0.1) is 34.9 Å². The second-order valence-corrected chi connectivity index (χ2v) is 10.7. The molecule has 12 heteroatoms. The van der Waals surface area contributed by atoms with E-state index in [1.807, 2.05) is 0 Å². The Labute approximate surface area is 205 Å². The Kier molecular flexibility index (Phi) is 7.48. The number of halogens is 1. The smallest absolute Gasteiger partial charge is 0.326 e. The minimum atomic E-state index is -3.67. The van der Waals surface area contributed by atoms with Crippen LogP contribution in [0.25, 0.3) is 10.2 Å². The van der Waals surface area contributed by atoms with Crippen molar-refractivity contribution in [3.8, 4) is 0 Å². The van der Waals surface area contributed by atoms with E-state index in [-0.39, 0.29) is 36.7 Å². The first-order valence-corrected chi connectivity index (χ1v) is 13.1. The molecule has 180 valence electrons. The number of esters is 1. The number of sulfonamides is 1. The lowest BCUT2D eigenvalue weighted by atomic mass is 10.2. The monoisotopic (exact) mass is 523 g/mol. The number of fused-ring (bicyclic) bond motifs is 1. The zero-order valence-electron chi connectivity index (χ0n) is 18.3. The molecule has 1 amide bonds. The number of hydrogen-bond donors (Lipinski definition) is 0. The molecule has 1 saturated heterocycles. The summed E-state index contributed by atoms with van der Waals surface area (Å²) < 4.78 is 39.6. The van der Waals surface area contributed by atoms with E-state index in [0.29, 0.717) is 28.6 Å². The summed E-state index contributed by atoms with van der Waals surface area (Å²) in [5.41, 5.74) is 0.917. The predicted octanol–water partition coefficient (Wildman–Crippen LogP) is 2.68. The number of ether oxygens (including phenoxy) is 2. The molecule has 1 fully saturated rings. The maximum absolute atomic E-state index is 12.9. The lowest BCUT2D eigenvalue weighted by molar-refractivity contribution is -0.143. The van der Waals surface area contributed by atoms with Gasteiger partial charge < -0.3 is 14.0 Å². The number of morpholine rings is 1. The van der Waals surface area contributed by atoms with Crippen molar-refractivity contribution in [1.29, 1.82) is 0 Å². The van der Waals surface area contributed by atoms with Crippen LogP contribution in [0.2, 0.25) is 5.02 Å². The van der Waals surface area contributed by atoms with Gasteiger partial charge in [0.15, 0.2) is 4.80 Å². The van der Waals surface area contributed by atoms with Crippen molar-refractivity contribution < 1.29 is 27.5 Å². The molecule has 0 spiro atoms. The summed E-state index contributed by atoms with van der Waals surface area (Å²) in [4.78, 5) is 29.6. The number of hydrogen-bond acceptors (Lipinski definition) is 7. The minimum absolute atomic E-state index is 0.0971. The van der Waals surface area contributed by atoms with Crippen LogP contribution in [-0.2, 0) is 30.8 Å². The fourth-order valence-corrected chi connectivity index (χ4v) is 6.19. The van der Waals surface area contributed by atoms with Crippen LogP contribution in [0.3, 0.4) is 0 Å². The normalized spacial score (nSPS) is 15.5. The summed E-state index contributed by atoms with van der Waals surface area (Å²) in [6.45, 7) is 3.10. The standard InChI is InChI=1S/C22H22ClN3O6S2/c1-2-32-20(27)14-26-18-8-5-16(23)13-19(18)33-22(26)24-21(28)15-3-6-17(7-4-15)34(29,30)25-9-11-31-12-10-25/h3-8,13H,2,9-12,14H2,1H3. The second kappa shape index (κ2) is 10.4. The number of thiazole rings is 1. The molecule has 2 aromatic carbocycles. The van der Waals surface area contributed by atoms with E-state index < -0.39 is 21.9 Å². The zero-order chi connectivity index (χ0) is 24.3. The fourth-order valence-electron chi connectivity index (χ4n) is 3.48. The van der Waals surface area contributed by atoms with Gasteiger partial charge in [-0.1, -0.05) is 22.9 Å². The first kappa shape index (κ1) is 24.6. The van der Waals surface area contributed by atoms with E-state index in [9.17, 15) is 18.0 Å². The van der Waals surface area contributed by atoms with Gasteiger partial charge in [0.25, 0.3) is 5.91 Å². The van der Waals surface area contributed by atoms with Gasteiger partial charge in [-0.25, -0.2) is 8.42 Å². The molecule has 4 rings (SSSR count). The fraction of sp³-hybridized carbons (Fsp3) is 0.318. The van der Waals surface area contributed by atoms with Gasteiger partial charge >= 0.3 is 5.97 Å². The third-order valence-corrected chi connectivity index (χ3v) is 8.33. The van der Waals surface area contributed by atoms with Crippen molar-refractivity contribution in [3.63, 3.8) is 0 Å². The van der Waals surface area contributed by atoms with Gasteiger partial charge in [-0.05, 0) is 49.4 Å². The SMILES string of the molecule is CCOC(=O)Cn1c(=NC(=O)c2ccc(S(=O)(=O)N3CCOCC3)cc2)sc2cc(Cl)ccc21. The van der Waals surface area contributed by atoms with Crippen LogP contribution in [0.5, 0.6) is 0 Å². The quantitative estimate of drug-likeness (QED) is 0.460. The Morgan fingerprint density at radius 2 is 1.85 bits per heavy atom. The molecule has 3 aromatic rings. The summed E-state index contributed by atoms with van der Waals surface area (Å²) in [6, 6.07) is 10.8. The lowest BCUT2D eigenvalue weighted by Gasteiger charge is -2.26. The molecule has 0 radical (unpaired) electrons. The van der Waals surface area contributed by atoms with Crippen molar-refractivity contribution in [1.82, 2.24) is 8.87 Å². The second-order valence-electron chi connectivity index (χ2n) is 7.35. The van der Waals surface area contributed by atoms with Gasteiger partial charge in [0.2, 0.25) is 10.0 Å². The molecule has 1 aliphatic heterocycles. The van der Waals surface area contributed by atoms with E-state index in [4.69, 9.17) is 21.1 Å². The van der Waals surface area contributed by atoms with Crippen molar-refractivity contribution in [2.75, 3.05) is 32.9 Å². The van der Waals surface area contributed by atoms with Crippen molar-refractivity contribution in [2.24, 2.45) is 4.99 Å². The van der Waals surface area contributed by atoms with E-state index >= 15 is 0 Å². The Bertz CT molecular complexity index is 1390. The highest BCUT2D eigenvalue weighted by atomic mass is 35.5. The Morgan fingerprint density at radius 1 is 1.15 bits per heavy atom. The topological polar surface area (TPSA) is 107 Å². The Hall–Kier alpha value is -2.57. The molecule has 0 saturated carbocycles. The molecule has 0 N–H and O–H groups in total. The average molecular weight is 524 g/mol. The first-order valence-electron chi connectivity index (χ1n) is 10.5. The largest absolute Gasteiger partial charge is 0.465 e. The van der Waals surface area contributed by atoms with Gasteiger partial charge in [0, 0.05) is 23.7 Å². The van der Waals surface area contributed by atoms with E-state index in [0.717, 1.165) is 4.70 Å². The maximum atomic E-state index is 12.9. The number of aromatic nitrogens is 1. The molecule has 1 aromatic heterocycles. The summed E-state index contributed by atoms with van der Waals surface area (Å²) in [6.07, 6.45) is 0. The van der Waals surface area contributed by atoms with Crippen LogP contribution in [0.4, 0.5) is 0 Å². The molecule has 0 bridgehead atoms. The highest BCUT2D eigenvalue weighted by Crippen LogP contribution is 2.22. The van der Waals surface area contributed by atoms with Gasteiger partial charge in [-0.15, -0.1) is 0 Å². The van der Waals surface area contributed by atoms with Crippen molar-refractivity contribution >= 4 is 55.1 Å².